The molecule has 0 bridgehead atoms. The number of halogens is 1. The van der Waals surface area contributed by atoms with Crippen LogP contribution in [0.3, 0.4) is 0 Å². The number of carbonyl (C=O) groups excluding carboxylic acids is 1. The molecular weight excluding hydrogens is 379 g/mol. The summed E-state index contributed by atoms with van der Waals surface area (Å²) in [6, 6.07) is 7.78. The Morgan fingerprint density at radius 3 is 2.38 bits per heavy atom. The van der Waals surface area contributed by atoms with Gasteiger partial charge < -0.3 is 16.0 Å². The van der Waals surface area contributed by atoms with Gasteiger partial charge in [0.15, 0.2) is 5.96 Å². The van der Waals surface area contributed by atoms with Crippen molar-refractivity contribution in [2.24, 2.45) is 4.99 Å². The van der Waals surface area contributed by atoms with Crippen molar-refractivity contribution < 1.29 is 4.79 Å². The molecule has 0 radical (unpaired) electrons. The molecule has 0 saturated heterocycles. The molecule has 0 aliphatic heterocycles. The van der Waals surface area contributed by atoms with Gasteiger partial charge in [-0.3, -0.25) is 9.79 Å². The van der Waals surface area contributed by atoms with Crippen molar-refractivity contribution in [2.45, 2.75) is 32.9 Å². The van der Waals surface area contributed by atoms with Crippen molar-refractivity contribution in [3.63, 3.8) is 0 Å². The van der Waals surface area contributed by atoms with E-state index in [2.05, 4.69) is 20.9 Å². The third-order valence-electron chi connectivity index (χ3n) is 3.13. The molecule has 21 heavy (non-hydrogen) atoms. The van der Waals surface area contributed by atoms with Crippen LogP contribution in [0.15, 0.2) is 29.3 Å². The number of amides is 1. The van der Waals surface area contributed by atoms with Crippen LogP contribution in [-0.4, -0.2) is 32.0 Å². The molecule has 1 rings (SSSR count). The van der Waals surface area contributed by atoms with E-state index in [9.17, 15) is 4.79 Å². The summed E-state index contributed by atoms with van der Waals surface area (Å²) in [7, 11) is 3.54. The maximum Gasteiger partial charge on any atom is 0.251 e. The predicted octanol–water partition coefficient (Wildman–Crippen LogP) is 2.13. The Hall–Kier alpha value is -1.31. The van der Waals surface area contributed by atoms with Crippen LogP contribution >= 0.6 is 24.0 Å². The summed E-state index contributed by atoms with van der Waals surface area (Å²) in [6.45, 7) is 4.72. The monoisotopic (exact) mass is 404 g/mol. The number of nitrogens with zero attached hydrogens (tertiary/aromatic N) is 1. The average Bonchev–Trinajstić information content (AvgIpc) is 2.48. The van der Waals surface area contributed by atoms with Gasteiger partial charge in [-0.1, -0.05) is 19.1 Å². The molecule has 0 spiro atoms. The lowest BCUT2D eigenvalue weighted by molar-refractivity contribution is 0.0939. The fraction of sp³-hybridized carbons (Fsp3) is 0.467. The van der Waals surface area contributed by atoms with Gasteiger partial charge in [0.1, 0.15) is 0 Å². The highest BCUT2D eigenvalue weighted by Gasteiger charge is 2.08. The second-order valence-electron chi connectivity index (χ2n) is 4.66. The lowest BCUT2D eigenvalue weighted by Gasteiger charge is -2.12. The summed E-state index contributed by atoms with van der Waals surface area (Å²) < 4.78 is 0. The van der Waals surface area contributed by atoms with Gasteiger partial charge in [0, 0.05) is 32.2 Å². The highest BCUT2D eigenvalue weighted by molar-refractivity contribution is 14.0. The largest absolute Gasteiger partial charge is 0.359 e. The molecular formula is C15H25IN4O. The van der Waals surface area contributed by atoms with Gasteiger partial charge in [-0.2, -0.15) is 0 Å². The number of nitrogens with one attached hydrogen (secondary N) is 3. The molecule has 5 nitrogen and oxygen atoms in total. The van der Waals surface area contributed by atoms with E-state index >= 15 is 0 Å². The summed E-state index contributed by atoms with van der Waals surface area (Å²) in [5.74, 6) is 0.716. The van der Waals surface area contributed by atoms with E-state index in [4.69, 9.17) is 0 Å². The van der Waals surface area contributed by atoms with Crippen LogP contribution in [0.5, 0.6) is 0 Å². The van der Waals surface area contributed by atoms with Crippen LogP contribution in [0, 0.1) is 0 Å². The van der Waals surface area contributed by atoms with Gasteiger partial charge >= 0.3 is 0 Å². The Morgan fingerprint density at radius 1 is 1.29 bits per heavy atom. The van der Waals surface area contributed by atoms with E-state index in [-0.39, 0.29) is 35.9 Å². The van der Waals surface area contributed by atoms with Gasteiger partial charge in [0.2, 0.25) is 0 Å². The average molecular weight is 404 g/mol. The fourth-order valence-corrected chi connectivity index (χ4v) is 1.65. The Morgan fingerprint density at radius 2 is 1.90 bits per heavy atom. The maximum atomic E-state index is 11.9. The minimum atomic E-state index is -0.0232. The number of carbonyl (C=O) groups is 1. The molecule has 0 aliphatic carbocycles. The van der Waals surface area contributed by atoms with Gasteiger partial charge in [0.05, 0.1) is 0 Å². The lowest BCUT2D eigenvalue weighted by Crippen LogP contribution is -2.34. The quantitative estimate of drug-likeness (QED) is 0.400. The van der Waals surface area contributed by atoms with Crippen LogP contribution < -0.4 is 16.0 Å². The fourth-order valence-electron chi connectivity index (χ4n) is 1.65. The zero-order chi connectivity index (χ0) is 15.0. The molecule has 0 aliphatic rings. The van der Waals surface area contributed by atoms with E-state index in [0.29, 0.717) is 12.1 Å². The normalized spacial score (nSPS) is 12.1. The molecule has 6 heteroatoms. The first-order chi connectivity index (χ1) is 9.60. The van der Waals surface area contributed by atoms with E-state index in [1.807, 2.05) is 45.2 Å². The summed E-state index contributed by atoms with van der Waals surface area (Å²) in [6.07, 6.45) is 0.927. The minimum absolute atomic E-state index is 0. The highest BCUT2D eigenvalue weighted by Crippen LogP contribution is 2.05. The summed E-state index contributed by atoms with van der Waals surface area (Å²) >= 11 is 0. The van der Waals surface area contributed by atoms with E-state index in [1.54, 1.807) is 7.05 Å². The van der Waals surface area contributed by atoms with Gasteiger partial charge in [-0.05, 0) is 31.0 Å². The van der Waals surface area contributed by atoms with Gasteiger partial charge in [-0.25, -0.2) is 0 Å². The number of hydrogen-bond acceptors (Lipinski definition) is 2. The van der Waals surface area contributed by atoms with Crippen LogP contribution in [0.1, 0.15) is 36.2 Å². The van der Waals surface area contributed by atoms with Crippen LogP contribution in [0.4, 0.5) is 0 Å². The number of hydrogen-bond donors (Lipinski definition) is 3. The van der Waals surface area contributed by atoms with E-state index in [0.717, 1.165) is 17.9 Å². The Kier molecular flexibility index (Phi) is 9.77. The smallest absolute Gasteiger partial charge is 0.251 e. The third-order valence-corrected chi connectivity index (χ3v) is 3.13. The Labute approximate surface area is 144 Å². The number of aliphatic imine (C=N–C) groups is 1. The standard InChI is InChI=1S/C15H24N4O.HI/c1-5-11(2)19-14(20)13-8-6-12(7-9-13)10-18-15(16-3)17-4;/h6-9,11H,5,10H2,1-4H3,(H,19,20)(H2,16,17,18);1H. The first kappa shape index (κ1) is 19.7. The van der Waals surface area contributed by atoms with Crippen LogP contribution in [0.25, 0.3) is 0 Å². The van der Waals surface area contributed by atoms with Crippen molar-refractivity contribution in [2.75, 3.05) is 14.1 Å². The number of guanidine groups is 1. The second-order valence-corrected chi connectivity index (χ2v) is 4.66. The zero-order valence-electron chi connectivity index (χ0n) is 13.1. The van der Waals surface area contributed by atoms with Crippen molar-refractivity contribution in [1.82, 2.24) is 16.0 Å². The second kappa shape index (κ2) is 10.4. The Bertz CT molecular complexity index is 459. The van der Waals surface area contributed by atoms with Crippen LogP contribution in [-0.2, 0) is 6.54 Å². The van der Waals surface area contributed by atoms with Crippen molar-refractivity contribution in [1.29, 1.82) is 0 Å². The molecule has 0 aromatic heterocycles. The lowest BCUT2D eigenvalue weighted by atomic mass is 10.1. The molecule has 118 valence electrons. The summed E-state index contributed by atoms with van der Waals surface area (Å²) in [4.78, 5) is 16.0. The third kappa shape index (κ3) is 6.79. The van der Waals surface area contributed by atoms with Crippen LogP contribution in [0.2, 0.25) is 0 Å². The predicted molar refractivity (Wildman–Crippen MR) is 98.3 cm³/mol. The van der Waals surface area contributed by atoms with Crippen molar-refractivity contribution in [3.8, 4) is 0 Å². The Balaban J connectivity index is 0.00000400. The minimum Gasteiger partial charge on any atom is -0.359 e. The number of benzene rings is 1. The first-order valence-corrected chi connectivity index (χ1v) is 6.88. The molecule has 0 saturated carbocycles. The SMILES string of the molecule is CCC(C)NC(=O)c1ccc(CNC(=NC)NC)cc1.I. The molecule has 1 atom stereocenters. The van der Waals surface area contributed by atoms with Crippen molar-refractivity contribution in [3.05, 3.63) is 35.4 Å². The highest BCUT2D eigenvalue weighted by atomic mass is 127. The van der Waals surface area contributed by atoms with Crippen molar-refractivity contribution >= 4 is 35.8 Å². The molecule has 1 aromatic rings. The molecule has 1 unspecified atom stereocenters. The van der Waals surface area contributed by atoms with Gasteiger partial charge in [-0.15, -0.1) is 24.0 Å². The first-order valence-electron chi connectivity index (χ1n) is 6.88. The number of rotatable bonds is 5. The molecule has 1 amide bonds. The summed E-state index contributed by atoms with van der Waals surface area (Å²) in [5.41, 5.74) is 1.79. The molecule has 0 fully saturated rings. The topological polar surface area (TPSA) is 65.5 Å². The maximum absolute atomic E-state index is 11.9. The molecule has 1 aromatic carbocycles. The molecule has 3 N–H and O–H groups in total. The van der Waals surface area contributed by atoms with E-state index < -0.39 is 0 Å². The zero-order valence-corrected chi connectivity index (χ0v) is 15.4. The molecule has 0 heterocycles. The summed E-state index contributed by atoms with van der Waals surface area (Å²) in [5, 5.41) is 9.07. The van der Waals surface area contributed by atoms with E-state index in [1.165, 1.54) is 0 Å². The van der Waals surface area contributed by atoms with Gasteiger partial charge in [0.25, 0.3) is 5.91 Å².